The third kappa shape index (κ3) is 4.17. The lowest BCUT2D eigenvalue weighted by atomic mass is 10.1. The predicted octanol–water partition coefficient (Wildman–Crippen LogP) is 6.47. The van der Waals surface area contributed by atoms with Crippen molar-refractivity contribution in [1.82, 2.24) is 0 Å². The summed E-state index contributed by atoms with van der Waals surface area (Å²) in [6, 6.07) is 21.4. The molecule has 3 aromatic rings. The minimum absolute atomic E-state index is 0.116. The Labute approximate surface area is 178 Å². The molecule has 0 spiro atoms. The van der Waals surface area contributed by atoms with Crippen LogP contribution in [0.4, 0.5) is 0 Å². The highest BCUT2D eigenvalue weighted by atomic mass is 79.9. The Bertz CT molecular complexity index is 1110. The van der Waals surface area contributed by atoms with Crippen LogP contribution < -0.4 is 9.47 Å². The second-order valence-corrected chi connectivity index (χ2v) is 7.51. The van der Waals surface area contributed by atoms with Crippen molar-refractivity contribution < 1.29 is 14.3 Å². The number of ether oxygens (including phenoxy) is 2. The number of halogens is 1. The summed E-state index contributed by atoms with van der Waals surface area (Å²) >= 11 is 3.50. The fourth-order valence-corrected chi connectivity index (χ4v) is 3.54. The van der Waals surface area contributed by atoms with Crippen molar-refractivity contribution in [2.24, 2.45) is 0 Å². The maximum Gasteiger partial charge on any atom is 0.231 e. The standard InChI is InChI=1S/C25H19BrO3/c1-17-22(28-15-7-10-18-8-3-2-4-9-18)14-13-20-24(27)23(29-25(17)20)16-19-11-5-6-12-21(19)26/h2-14,16H,15H2,1H3/b10-7+,23-16-. The van der Waals surface area contributed by atoms with Crippen molar-refractivity contribution in [2.45, 2.75) is 6.92 Å². The first kappa shape index (κ1) is 19.2. The number of ketones is 1. The van der Waals surface area contributed by atoms with Gasteiger partial charge in [-0.1, -0.05) is 70.5 Å². The zero-order valence-electron chi connectivity index (χ0n) is 15.9. The Balaban J connectivity index is 1.51. The van der Waals surface area contributed by atoms with Gasteiger partial charge >= 0.3 is 0 Å². The van der Waals surface area contributed by atoms with Crippen molar-refractivity contribution in [3.8, 4) is 11.5 Å². The fraction of sp³-hybridized carbons (Fsp3) is 0.0800. The lowest BCUT2D eigenvalue weighted by Crippen LogP contribution is -1.98. The number of Topliss-reactive ketones (excluding diaryl/α,β-unsaturated/α-hetero) is 1. The van der Waals surface area contributed by atoms with Crippen molar-refractivity contribution >= 4 is 33.9 Å². The predicted molar refractivity (Wildman–Crippen MR) is 119 cm³/mol. The normalized spacial score (nSPS) is 14.3. The van der Waals surface area contributed by atoms with Crippen molar-refractivity contribution in [1.29, 1.82) is 0 Å². The van der Waals surface area contributed by atoms with Gasteiger partial charge in [-0.15, -0.1) is 0 Å². The average Bonchev–Trinajstić information content (AvgIpc) is 3.06. The molecule has 4 rings (SSSR count). The van der Waals surface area contributed by atoms with Crippen LogP contribution in [0.1, 0.15) is 27.0 Å². The van der Waals surface area contributed by atoms with Crippen LogP contribution in [0.3, 0.4) is 0 Å². The van der Waals surface area contributed by atoms with E-state index in [1.54, 1.807) is 12.1 Å². The molecule has 0 unspecified atom stereocenters. The van der Waals surface area contributed by atoms with E-state index in [4.69, 9.17) is 9.47 Å². The molecule has 4 heteroatoms. The molecule has 0 saturated heterocycles. The molecule has 0 saturated carbocycles. The van der Waals surface area contributed by atoms with Crippen LogP contribution in [0.15, 0.2) is 83.0 Å². The first-order chi connectivity index (χ1) is 14.1. The highest BCUT2D eigenvalue weighted by molar-refractivity contribution is 9.10. The molecule has 1 aliphatic rings. The minimum Gasteiger partial charge on any atom is -0.489 e. The van der Waals surface area contributed by atoms with Gasteiger partial charge in [0.1, 0.15) is 18.1 Å². The number of allylic oxidation sites excluding steroid dienone is 1. The van der Waals surface area contributed by atoms with Gasteiger partial charge in [0, 0.05) is 10.0 Å². The van der Waals surface area contributed by atoms with E-state index < -0.39 is 0 Å². The topological polar surface area (TPSA) is 35.5 Å². The van der Waals surface area contributed by atoms with E-state index in [2.05, 4.69) is 15.9 Å². The summed E-state index contributed by atoms with van der Waals surface area (Å²) in [7, 11) is 0. The zero-order valence-corrected chi connectivity index (χ0v) is 17.5. The van der Waals surface area contributed by atoms with E-state index in [-0.39, 0.29) is 5.78 Å². The summed E-state index contributed by atoms with van der Waals surface area (Å²) in [6.45, 7) is 2.34. The Morgan fingerprint density at radius 3 is 2.55 bits per heavy atom. The molecule has 0 N–H and O–H groups in total. The number of fused-ring (bicyclic) bond motifs is 1. The van der Waals surface area contributed by atoms with Crippen LogP contribution in [-0.4, -0.2) is 12.4 Å². The number of carbonyl (C=O) groups is 1. The van der Waals surface area contributed by atoms with E-state index in [1.807, 2.05) is 79.7 Å². The number of hydrogen-bond donors (Lipinski definition) is 0. The summed E-state index contributed by atoms with van der Waals surface area (Å²) in [4.78, 5) is 12.7. The number of carbonyl (C=O) groups excluding carboxylic acids is 1. The van der Waals surface area contributed by atoms with Gasteiger partial charge in [0.25, 0.3) is 0 Å². The van der Waals surface area contributed by atoms with Crippen LogP contribution in [0.5, 0.6) is 11.5 Å². The van der Waals surface area contributed by atoms with Gasteiger partial charge in [0.15, 0.2) is 5.76 Å². The van der Waals surface area contributed by atoms with E-state index in [9.17, 15) is 4.79 Å². The Hall–Kier alpha value is -3.11. The molecule has 0 atom stereocenters. The Kier molecular flexibility index (Phi) is 5.63. The third-order valence-electron chi connectivity index (χ3n) is 4.67. The Morgan fingerprint density at radius 2 is 1.76 bits per heavy atom. The maximum absolute atomic E-state index is 12.7. The van der Waals surface area contributed by atoms with Gasteiger partial charge in [-0.05, 0) is 48.4 Å². The molecule has 0 aliphatic carbocycles. The number of rotatable bonds is 5. The summed E-state index contributed by atoms with van der Waals surface area (Å²) < 4.78 is 12.7. The van der Waals surface area contributed by atoms with Gasteiger partial charge < -0.3 is 9.47 Å². The lowest BCUT2D eigenvalue weighted by Gasteiger charge is -2.10. The number of hydrogen-bond acceptors (Lipinski definition) is 3. The maximum atomic E-state index is 12.7. The van der Waals surface area contributed by atoms with Crippen molar-refractivity contribution in [3.05, 3.63) is 105 Å². The molecule has 0 radical (unpaired) electrons. The average molecular weight is 447 g/mol. The lowest BCUT2D eigenvalue weighted by molar-refractivity contribution is 0.101. The first-order valence-electron chi connectivity index (χ1n) is 9.30. The monoisotopic (exact) mass is 446 g/mol. The van der Waals surface area contributed by atoms with Crippen LogP contribution in [-0.2, 0) is 0 Å². The molecule has 1 heterocycles. The van der Waals surface area contributed by atoms with Crippen molar-refractivity contribution in [2.75, 3.05) is 6.61 Å². The smallest absolute Gasteiger partial charge is 0.231 e. The number of benzene rings is 3. The molecule has 3 aromatic carbocycles. The Morgan fingerprint density at radius 1 is 1.00 bits per heavy atom. The molecule has 0 bridgehead atoms. The third-order valence-corrected chi connectivity index (χ3v) is 5.40. The minimum atomic E-state index is -0.116. The summed E-state index contributed by atoms with van der Waals surface area (Å²) in [5.41, 5.74) is 3.40. The van der Waals surface area contributed by atoms with Gasteiger partial charge in [-0.25, -0.2) is 0 Å². The molecular weight excluding hydrogens is 428 g/mol. The molecule has 1 aliphatic heterocycles. The van der Waals surface area contributed by atoms with Crippen LogP contribution in [0, 0.1) is 6.92 Å². The van der Waals surface area contributed by atoms with Crippen LogP contribution >= 0.6 is 15.9 Å². The molecule has 0 aromatic heterocycles. The zero-order chi connectivity index (χ0) is 20.2. The van der Waals surface area contributed by atoms with Gasteiger partial charge in [-0.2, -0.15) is 0 Å². The van der Waals surface area contributed by atoms with E-state index in [0.717, 1.165) is 21.2 Å². The second-order valence-electron chi connectivity index (χ2n) is 6.65. The van der Waals surface area contributed by atoms with Crippen LogP contribution in [0.2, 0.25) is 0 Å². The fourth-order valence-electron chi connectivity index (χ4n) is 3.14. The molecule has 3 nitrogen and oxygen atoms in total. The summed E-state index contributed by atoms with van der Waals surface area (Å²) in [5, 5.41) is 0. The molecular formula is C25H19BrO3. The molecule has 29 heavy (non-hydrogen) atoms. The molecule has 0 amide bonds. The summed E-state index contributed by atoms with van der Waals surface area (Å²) in [6.07, 6.45) is 5.74. The molecule has 0 fully saturated rings. The highest BCUT2D eigenvalue weighted by Gasteiger charge is 2.30. The van der Waals surface area contributed by atoms with E-state index in [0.29, 0.717) is 29.4 Å². The SMILES string of the molecule is Cc1c(OC/C=C/c2ccccc2)ccc2c1O/C(=C\c1ccccc1Br)C2=O. The van der Waals surface area contributed by atoms with E-state index >= 15 is 0 Å². The van der Waals surface area contributed by atoms with Gasteiger partial charge in [-0.3, -0.25) is 4.79 Å². The largest absolute Gasteiger partial charge is 0.489 e. The van der Waals surface area contributed by atoms with Gasteiger partial charge in [0.05, 0.1) is 5.56 Å². The second kappa shape index (κ2) is 8.50. The van der Waals surface area contributed by atoms with Crippen LogP contribution in [0.25, 0.3) is 12.2 Å². The highest BCUT2D eigenvalue weighted by Crippen LogP contribution is 2.39. The first-order valence-corrected chi connectivity index (χ1v) is 10.1. The van der Waals surface area contributed by atoms with Gasteiger partial charge in [0.2, 0.25) is 5.78 Å². The molecule has 144 valence electrons. The quantitative estimate of drug-likeness (QED) is 0.421. The van der Waals surface area contributed by atoms with E-state index in [1.165, 1.54) is 0 Å². The summed E-state index contributed by atoms with van der Waals surface area (Å²) in [5.74, 6) is 1.47. The van der Waals surface area contributed by atoms with Crippen molar-refractivity contribution in [3.63, 3.8) is 0 Å².